The normalized spacial score (nSPS) is 14.0. The summed E-state index contributed by atoms with van der Waals surface area (Å²) < 4.78 is 0. The van der Waals surface area contributed by atoms with Crippen LogP contribution >= 0.6 is 12.2 Å². The highest BCUT2D eigenvalue weighted by molar-refractivity contribution is 7.80. The number of hydrogen-bond acceptors (Lipinski definition) is 1. The van der Waals surface area contributed by atoms with Gasteiger partial charge in [0, 0.05) is 22.1 Å². The molecular weight excluding hydrogens is 360 g/mol. The lowest BCUT2D eigenvalue weighted by Gasteiger charge is -2.15. The van der Waals surface area contributed by atoms with Gasteiger partial charge in [0.25, 0.3) is 0 Å². The van der Waals surface area contributed by atoms with E-state index >= 15 is 0 Å². The number of hydrogen-bond donors (Lipinski definition) is 2. The van der Waals surface area contributed by atoms with Gasteiger partial charge in [0.2, 0.25) is 0 Å². The summed E-state index contributed by atoms with van der Waals surface area (Å²) in [6.07, 6.45) is 4.55. The van der Waals surface area contributed by atoms with Crippen molar-refractivity contribution in [2.75, 3.05) is 10.6 Å². The van der Waals surface area contributed by atoms with Crippen LogP contribution in [0, 0.1) is 0 Å². The lowest BCUT2D eigenvalue weighted by molar-refractivity contribution is 1.02. The molecule has 0 bridgehead atoms. The molecule has 6 rings (SSSR count). The zero-order valence-corrected chi connectivity index (χ0v) is 16.3. The van der Waals surface area contributed by atoms with Crippen LogP contribution in [0.1, 0.15) is 22.3 Å². The van der Waals surface area contributed by atoms with Gasteiger partial charge in [0.1, 0.15) is 0 Å². The molecule has 0 aromatic heterocycles. The van der Waals surface area contributed by atoms with E-state index in [4.69, 9.17) is 12.2 Å². The van der Waals surface area contributed by atoms with Crippen molar-refractivity contribution < 1.29 is 0 Å². The Morgan fingerprint density at radius 3 is 1.46 bits per heavy atom. The first-order chi connectivity index (χ1) is 13.8. The van der Waals surface area contributed by atoms with E-state index in [1.54, 1.807) is 0 Å². The molecule has 0 fully saturated rings. The largest absolute Gasteiger partial charge is 0.332 e. The first-order valence-corrected chi connectivity index (χ1v) is 10.3. The molecule has 3 heteroatoms. The van der Waals surface area contributed by atoms with Crippen LogP contribution in [0.25, 0.3) is 21.5 Å². The summed E-state index contributed by atoms with van der Waals surface area (Å²) in [5.41, 5.74) is 7.94. The van der Waals surface area contributed by atoms with Crippen molar-refractivity contribution >= 4 is 50.2 Å². The predicted octanol–water partition coefficient (Wildman–Crippen LogP) is 6.00. The van der Waals surface area contributed by atoms with Crippen molar-refractivity contribution in [3.8, 4) is 0 Å². The molecule has 2 aliphatic rings. The summed E-state index contributed by atoms with van der Waals surface area (Å²) in [7, 11) is 0. The molecule has 2 aliphatic carbocycles. The van der Waals surface area contributed by atoms with Crippen molar-refractivity contribution in [3.05, 3.63) is 82.9 Å². The molecule has 0 unspecified atom stereocenters. The Labute approximate surface area is 169 Å². The number of thiocarbonyl (C=S) groups is 1. The first-order valence-electron chi connectivity index (χ1n) is 9.93. The van der Waals surface area contributed by atoms with Gasteiger partial charge in [-0.25, -0.2) is 0 Å². The van der Waals surface area contributed by atoms with Crippen molar-refractivity contribution in [2.24, 2.45) is 0 Å². The second kappa shape index (κ2) is 6.05. The maximum absolute atomic E-state index is 5.68. The minimum atomic E-state index is 0.636. The molecule has 0 aliphatic heterocycles. The topological polar surface area (TPSA) is 24.1 Å². The zero-order valence-electron chi connectivity index (χ0n) is 15.5. The zero-order chi connectivity index (χ0) is 18.7. The van der Waals surface area contributed by atoms with Crippen LogP contribution in [0.5, 0.6) is 0 Å². The highest BCUT2D eigenvalue weighted by Gasteiger charge is 2.18. The van der Waals surface area contributed by atoms with E-state index < -0.39 is 0 Å². The fraction of sp³-hybridized carbons (Fsp3) is 0.160. The molecule has 2 N–H and O–H groups in total. The van der Waals surface area contributed by atoms with Crippen molar-refractivity contribution in [2.45, 2.75) is 25.7 Å². The quantitative estimate of drug-likeness (QED) is 0.417. The fourth-order valence-corrected chi connectivity index (χ4v) is 5.21. The monoisotopic (exact) mass is 380 g/mol. The molecule has 0 saturated heterocycles. The molecule has 0 atom stereocenters. The van der Waals surface area contributed by atoms with Crippen molar-refractivity contribution in [1.82, 2.24) is 0 Å². The smallest absolute Gasteiger partial charge is 0.175 e. The van der Waals surface area contributed by atoms with Crippen LogP contribution in [0.3, 0.4) is 0 Å². The van der Waals surface area contributed by atoms with Crippen molar-refractivity contribution in [3.63, 3.8) is 0 Å². The van der Waals surface area contributed by atoms with Gasteiger partial charge in [0.15, 0.2) is 5.11 Å². The molecule has 4 aromatic carbocycles. The highest BCUT2D eigenvalue weighted by atomic mass is 32.1. The average molecular weight is 381 g/mol. The van der Waals surface area contributed by atoms with E-state index in [0.29, 0.717) is 5.11 Å². The Morgan fingerprint density at radius 1 is 0.571 bits per heavy atom. The predicted molar refractivity (Wildman–Crippen MR) is 123 cm³/mol. The van der Waals surface area contributed by atoms with Gasteiger partial charge < -0.3 is 10.6 Å². The minimum Gasteiger partial charge on any atom is -0.332 e. The van der Waals surface area contributed by atoms with Crippen LogP contribution in [0.15, 0.2) is 60.7 Å². The third-order valence-corrected chi connectivity index (χ3v) is 6.45. The summed E-state index contributed by atoms with van der Waals surface area (Å²) in [4.78, 5) is 0. The van der Waals surface area contributed by atoms with Crippen LogP contribution in [-0.2, 0) is 25.7 Å². The van der Waals surface area contributed by atoms with E-state index in [1.807, 2.05) is 0 Å². The molecule has 28 heavy (non-hydrogen) atoms. The summed E-state index contributed by atoms with van der Waals surface area (Å²) in [6.45, 7) is 0. The Morgan fingerprint density at radius 2 is 1.00 bits per heavy atom. The standard InChI is InChI=1S/C25H20N2S/c28-25(26-21-13-11-17-9-7-15-3-1-5-19(21)23(15)17)27-22-14-12-18-10-8-16-4-2-6-20(22)24(16)18/h1-6,11-14H,7-10H2,(H2,26,27,28). The number of anilines is 2. The lowest BCUT2D eigenvalue weighted by atomic mass is 10.0. The van der Waals surface area contributed by atoms with Crippen LogP contribution in [-0.4, -0.2) is 5.11 Å². The molecule has 136 valence electrons. The molecule has 2 nitrogen and oxygen atoms in total. The van der Waals surface area contributed by atoms with E-state index in [2.05, 4.69) is 71.3 Å². The van der Waals surface area contributed by atoms with Gasteiger partial charge in [-0.05, 0) is 83.1 Å². The van der Waals surface area contributed by atoms with E-state index in [9.17, 15) is 0 Å². The fourth-order valence-electron chi connectivity index (χ4n) is 4.99. The maximum Gasteiger partial charge on any atom is 0.175 e. The SMILES string of the molecule is S=C(Nc1ccc2c3c(cccc13)CC2)Nc1ccc2c3c(cccc13)CC2. The van der Waals surface area contributed by atoms with Crippen LogP contribution in [0.4, 0.5) is 11.4 Å². The molecule has 0 saturated carbocycles. The third kappa shape index (κ3) is 2.36. The van der Waals surface area contributed by atoms with Crippen LogP contribution < -0.4 is 10.6 Å². The molecular formula is C25H20N2S. The second-order valence-electron chi connectivity index (χ2n) is 7.80. The summed E-state index contributed by atoms with van der Waals surface area (Å²) in [5.74, 6) is 0. The molecule has 0 spiro atoms. The van der Waals surface area contributed by atoms with Gasteiger partial charge in [-0.1, -0.05) is 48.5 Å². The Hall–Kier alpha value is -2.91. The van der Waals surface area contributed by atoms with Crippen LogP contribution in [0.2, 0.25) is 0 Å². The molecule has 0 amide bonds. The van der Waals surface area contributed by atoms with Crippen molar-refractivity contribution in [1.29, 1.82) is 0 Å². The van der Waals surface area contributed by atoms with Gasteiger partial charge in [-0.3, -0.25) is 0 Å². The first kappa shape index (κ1) is 16.1. The number of aryl methyl sites for hydroxylation is 4. The van der Waals surface area contributed by atoms with E-state index in [1.165, 1.54) is 43.8 Å². The average Bonchev–Trinajstić information content (AvgIpc) is 3.33. The van der Waals surface area contributed by atoms with Gasteiger partial charge >= 0.3 is 0 Å². The number of nitrogens with one attached hydrogen (secondary N) is 2. The van der Waals surface area contributed by atoms with Gasteiger partial charge in [0.05, 0.1) is 0 Å². The number of rotatable bonds is 2. The highest BCUT2D eigenvalue weighted by Crippen LogP contribution is 2.36. The number of benzene rings is 4. The Bertz CT molecular complexity index is 1170. The summed E-state index contributed by atoms with van der Waals surface area (Å²) in [5, 5.41) is 12.9. The molecule has 0 heterocycles. The molecule has 4 aromatic rings. The summed E-state index contributed by atoms with van der Waals surface area (Å²) in [6, 6.07) is 22.0. The Kier molecular flexibility index (Phi) is 3.47. The molecule has 0 radical (unpaired) electrons. The summed E-state index contributed by atoms with van der Waals surface area (Å²) >= 11 is 5.68. The Balaban J connectivity index is 1.35. The lowest BCUT2D eigenvalue weighted by Crippen LogP contribution is -2.19. The third-order valence-electron chi connectivity index (χ3n) is 6.25. The van der Waals surface area contributed by atoms with E-state index in [0.717, 1.165) is 37.1 Å². The second-order valence-corrected chi connectivity index (χ2v) is 8.21. The van der Waals surface area contributed by atoms with Gasteiger partial charge in [-0.15, -0.1) is 0 Å². The van der Waals surface area contributed by atoms with Gasteiger partial charge in [-0.2, -0.15) is 0 Å². The minimum absolute atomic E-state index is 0.636. The maximum atomic E-state index is 5.68. The van der Waals surface area contributed by atoms with E-state index in [-0.39, 0.29) is 0 Å².